The van der Waals surface area contributed by atoms with Crippen molar-refractivity contribution in [3.63, 3.8) is 0 Å². The van der Waals surface area contributed by atoms with E-state index in [0.29, 0.717) is 5.69 Å². The topological polar surface area (TPSA) is 42.1 Å². The Labute approximate surface area is 115 Å². The molecule has 0 saturated carbocycles. The zero-order valence-electron chi connectivity index (χ0n) is 10.8. The van der Waals surface area contributed by atoms with Crippen molar-refractivity contribution in [3.05, 3.63) is 60.0 Å². The second-order valence-electron chi connectivity index (χ2n) is 4.45. The first-order chi connectivity index (χ1) is 9.69. The number of para-hydroxylation sites is 1. The molecule has 0 amide bonds. The summed E-state index contributed by atoms with van der Waals surface area (Å²) in [7, 11) is 1.34. The Kier molecular flexibility index (Phi) is 2.99. The number of aromatic amines is 1. The van der Waals surface area contributed by atoms with Gasteiger partial charge in [-0.2, -0.15) is 0 Å². The number of carbonyl (C=O) groups is 1. The van der Waals surface area contributed by atoms with Crippen LogP contribution in [0.4, 0.5) is 4.39 Å². The average Bonchev–Trinajstić information content (AvgIpc) is 2.91. The number of methoxy groups -OCH3 is 1. The van der Waals surface area contributed by atoms with Gasteiger partial charge in [0.1, 0.15) is 11.5 Å². The van der Waals surface area contributed by atoms with Crippen LogP contribution in [0, 0.1) is 5.82 Å². The van der Waals surface area contributed by atoms with Crippen LogP contribution in [-0.4, -0.2) is 18.1 Å². The number of hydrogen-bond acceptors (Lipinski definition) is 2. The molecule has 0 spiro atoms. The SMILES string of the molecule is COC(=O)c1cc2cccc(-c3ccc(F)cc3)c2[nH]1. The fourth-order valence-electron chi connectivity index (χ4n) is 2.25. The minimum Gasteiger partial charge on any atom is -0.464 e. The van der Waals surface area contributed by atoms with Gasteiger partial charge in [0.15, 0.2) is 0 Å². The molecule has 0 aliphatic rings. The molecule has 0 aliphatic heterocycles. The molecule has 3 rings (SSSR count). The summed E-state index contributed by atoms with van der Waals surface area (Å²) in [6.07, 6.45) is 0. The highest BCUT2D eigenvalue weighted by atomic mass is 19.1. The number of carbonyl (C=O) groups excluding carboxylic acids is 1. The van der Waals surface area contributed by atoms with E-state index >= 15 is 0 Å². The van der Waals surface area contributed by atoms with Crippen LogP contribution in [0.25, 0.3) is 22.0 Å². The molecule has 20 heavy (non-hydrogen) atoms. The zero-order chi connectivity index (χ0) is 14.1. The molecule has 1 heterocycles. The van der Waals surface area contributed by atoms with Gasteiger partial charge in [0, 0.05) is 10.9 Å². The predicted octanol–water partition coefficient (Wildman–Crippen LogP) is 3.76. The van der Waals surface area contributed by atoms with E-state index < -0.39 is 5.97 Å². The molecule has 4 heteroatoms. The molecule has 0 fully saturated rings. The van der Waals surface area contributed by atoms with E-state index in [9.17, 15) is 9.18 Å². The number of fused-ring (bicyclic) bond motifs is 1. The van der Waals surface area contributed by atoms with Crippen molar-refractivity contribution >= 4 is 16.9 Å². The Morgan fingerprint density at radius 1 is 1.15 bits per heavy atom. The number of hydrogen-bond donors (Lipinski definition) is 1. The van der Waals surface area contributed by atoms with E-state index in [0.717, 1.165) is 22.0 Å². The minimum atomic E-state index is -0.411. The van der Waals surface area contributed by atoms with Gasteiger partial charge in [-0.15, -0.1) is 0 Å². The largest absolute Gasteiger partial charge is 0.464 e. The van der Waals surface area contributed by atoms with Crippen molar-refractivity contribution in [1.29, 1.82) is 0 Å². The molecule has 1 N–H and O–H groups in total. The molecule has 0 saturated heterocycles. The highest BCUT2D eigenvalue weighted by molar-refractivity contribution is 6.00. The van der Waals surface area contributed by atoms with E-state index in [4.69, 9.17) is 4.74 Å². The quantitative estimate of drug-likeness (QED) is 0.720. The van der Waals surface area contributed by atoms with Crippen molar-refractivity contribution in [2.75, 3.05) is 7.11 Å². The molecule has 3 nitrogen and oxygen atoms in total. The lowest BCUT2D eigenvalue weighted by Crippen LogP contribution is -2.00. The van der Waals surface area contributed by atoms with Crippen molar-refractivity contribution in [3.8, 4) is 11.1 Å². The van der Waals surface area contributed by atoms with Crippen LogP contribution in [0.15, 0.2) is 48.5 Å². The third-order valence-corrected chi connectivity index (χ3v) is 3.22. The fraction of sp³-hybridized carbons (Fsp3) is 0.0625. The molecule has 1 aromatic heterocycles. The maximum Gasteiger partial charge on any atom is 0.354 e. The smallest absolute Gasteiger partial charge is 0.354 e. The van der Waals surface area contributed by atoms with Crippen molar-refractivity contribution in [2.45, 2.75) is 0 Å². The van der Waals surface area contributed by atoms with Crippen molar-refractivity contribution < 1.29 is 13.9 Å². The molecular weight excluding hydrogens is 257 g/mol. The van der Waals surface area contributed by atoms with Crippen LogP contribution in [0.5, 0.6) is 0 Å². The second kappa shape index (κ2) is 4.81. The van der Waals surface area contributed by atoms with Gasteiger partial charge in [0.05, 0.1) is 12.6 Å². The molecule has 0 aliphatic carbocycles. The monoisotopic (exact) mass is 269 g/mol. The number of ether oxygens (including phenoxy) is 1. The third kappa shape index (κ3) is 2.05. The van der Waals surface area contributed by atoms with Gasteiger partial charge < -0.3 is 9.72 Å². The number of H-pyrrole nitrogens is 1. The van der Waals surface area contributed by atoms with Gasteiger partial charge in [0.2, 0.25) is 0 Å². The maximum atomic E-state index is 13.0. The number of rotatable bonds is 2. The molecule has 0 bridgehead atoms. The Bertz CT molecular complexity index is 775. The summed E-state index contributed by atoms with van der Waals surface area (Å²) in [5.41, 5.74) is 3.03. The first kappa shape index (κ1) is 12.4. The summed E-state index contributed by atoms with van der Waals surface area (Å²) in [5.74, 6) is -0.686. The Morgan fingerprint density at radius 2 is 1.90 bits per heavy atom. The Hall–Kier alpha value is -2.62. The van der Waals surface area contributed by atoms with Gasteiger partial charge in [0.25, 0.3) is 0 Å². The molecule has 0 atom stereocenters. The first-order valence-corrected chi connectivity index (χ1v) is 6.15. The van der Waals surface area contributed by atoms with Crippen LogP contribution >= 0.6 is 0 Å². The van der Waals surface area contributed by atoms with E-state index in [1.807, 2.05) is 18.2 Å². The van der Waals surface area contributed by atoms with E-state index in [1.165, 1.54) is 19.2 Å². The number of nitrogens with one attached hydrogen (secondary N) is 1. The molecule has 0 radical (unpaired) electrons. The summed E-state index contributed by atoms with van der Waals surface area (Å²) < 4.78 is 17.7. The molecule has 0 unspecified atom stereocenters. The summed E-state index contributed by atoms with van der Waals surface area (Å²) in [6.45, 7) is 0. The molecule has 2 aromatic carbocycles. The van der Waals surface area contributed by atoms with E-state index in [-0.39, 0.29) is 5.82 Å². The Morgan fingerprint density at radius 3 is 2.60 bits per heavy atom. The first-order valence-electron chi connectivity index (χ1n) is 6.15. The number of benzene rings is 2. The minimum absolute atomic E-state index is 0.275. The predicted molar refractivity (Wildman–Crippen MR) is 75.0 cm³/mol. The fourth-order valence-corrected chi connectivity index (χ4v) is 2.25. The van der Waals surface area contributed by atoms with Gasteiger partial charge in [-0.25, -0.2) is 9.18 Å². The average molecular weight is 269 g/mol. The highest BCUT2D eigenvalue weighted by Crippen LogP contribution is 2.28. The number of esters is 1. The van der Waals surface area contributed by atoms with Crippen molar-refractivity contribution in [2.24, 2.45) is 0 Å². The van der Waals surface area contributed by atoms with E-state index in [2.05, 4.69) is 4.98 Å². The van der Waals surface area contributed by atoms with Gasteiger partial charge in [-0.1, -0.05) is 30.3 Å². The zero-order valence-corrected chi connectivity index (χ0v) is 10.8. The second-order valence-corrected chi connectivity index (χ2v) is 4.45. The summed E-state index contributed by atoms with van der Waals surface area (Å²) >= 11 is 0. The molecular formula is C16H12FNO2. The van der Waals surface area contributed by atoms with Gasteiger partial charge in [-0.3, -0.25) is 0 Å². The summed E-state index contributed by atoms with van der Waals surface area (Å²) in [5, 5.41) is 0.909. The normalized spacial score (nSPS) is 10.7. The lowest BCUT2D eigenvalue weighted by Gasteiger charge is -2.03. The Balaban J connectivity index is 2.18. The van der Waals surface area contributed by atoms with E-state index in [1.54, 1.807) is 18.2 Å². The van der Waals surface area contributed by atoms with Crippen LogP contribution in [0.3, 0.4) is 0 Å². The molecule has 100 valence electrons. The van der Waals surface area contributed by atoms with Gasteiger partial charge >= 0.3 is 5.97 Å². The summed E-state index contributed by atoms with van der Waals surface area (Å²) in [6, 6.07) is 13.7. The number of aromatic nitrogens is 1. The third-order valence-electron chi connectivity index (χ3n) is 3.22. The molecule has 3 aromatic rings. The summed E-state index contributed by atoms with van der Waals surface area (Å²) in [4.78, 5) is 14.6. The standard InChI is InChI=1S/C16H12FNO2/c1-20-16(19)14-9-11-3-2-4-13(15(11)18-14)10-5-7-12(17)8-6-10/h2-9,18H,1H3. The van der Waals surface area contributed by atoms with Crippen molar-refractivity contribution in [1.82, 2.24) is 4.98 Å². The lowest BCUT2D eigenvalue weighted by atomic mass is 10.0. The number of halogens is 1. The van der Waals surface area contributed by atoms with Crippen LogP contribution in [0.1, 0.15) is 10.5 Å². The van der Waals surface area contributed by atoms with Crippen LogP contribution < -0.4 is 0 Å². The van der Waals surface area contributed by atoms with Crippen LogP contribution in [0.2, 0.25) is 0 Å². The highest BCUT2D eigenvalue weighted by Gasteiger charge is 2.12. The lowest BCUT2D eigenvalue weighted by molar-refractivity contribution is 0.0595. The maximum absolute atomic E-state index is 13.0. The van der Waals surface area contributed by atoms with Gasteiger partial charge in [-0.05, 0) is 23.8 Å². The van der Waals surface area contributed by atoms with Crippen LogP contribution in [-0.2, 0) is 4.74 Å².